The van der Waals surface area contributed by atoms with E-state index < -0.39 is 0 Å². The molecule has 2 rings (SSSR count). The fourth-order valence-corrected chi connectivity index (χ4v) is 2.78. The van der Waals surface area contributed by atoms with E-state index in [9.17, 15) is 0 Å². The van der Waals surface area contributed by atoms with Gasteiger partial charge >= 0.3 is 0 Å². The molecule has 0 aliphatic carbocycles. The van der Waals surface area contributed by atoms with E-state index in [1.807, 2.05) is 0 Å². The van der Waals surface area contributed by atoms with Crippen LogP contribution in [0.3, 0.4) is 0 Å². The number of rotatable bonds is 9. The predicted octanol–water partition coefficient (Wildman–Crippen LogP) is 5.17. The van der Waals surface area contributed by atoms with Crippen molar-refractivity contribution in [3.05, 3.63) is 23.8 Å². The largest absolute Gasteiger partial charge is 0.494 e. The lowest BCUT2D eigenvalue weighted by molar-refractivity contribution is 0.304. The molecule has 20 heavy (non-hydrogen) atoms. The highest BCUT2D eigenvalue weighted by Crippen LogP contribution is 2.26. The molecule has 0 atom stereocenters. The van der Waals surface area contributed by atoms with E-state index in [0.29, 0.717) is 0 Å². The zero-order valence-corrected chi connectivity index (χ0v) is 12.9. The number of aryl methyl sites for hydroxylation is 1. The second-order valence-corrected chi connectivity index (χ2v) is 5.82. The van der Waals surface area contributed by atoms with E-state index in [1.54, 1.807) is 0 Å². The molecule has 1 aromatic rings. The highest BCUT2D eigenvalue weighted by atomic mass is 16.5. The molecule has 0 radical (unpaired) electrons. The Bertz CT molecular complexity index is 389. The van der Waals surface area contributed by atoms with Crippen molar-refractivity contribution in [2.75, 3.05) is 18.5 Å². The van der Waals surface area contributed by atoms with Gasteiger partial charge in [-0.15, -0.1) is 0 Å². The monoisotopic (exact) mass is 275 g/mol. The number of ether oxygens (including phenoxy) is 1. The number of hydrogen-bond donors (Lipinski definition) is 1. The Morgan fingerprint density at radius 1 is 1.05 bits per heavy atom. The Morgan fingerprint density at radius 2 is 1.85 bits per heavy atom. The number of unbranched alkanes of at least 4 members (excludes halogenated alkanes) is 6. The van der Waals surface area contributed by atoms with Gasteiger partial charge in [0.1, 0.15) is 5.75 Å². The van der Waals surface area contributed by atoms with Crippen molar-refractivity contribution < 1.29 is 4.74 Å². The summed E-state index contributed by atoms with van der Waals surface area (Å²) in [4.78, 5) is 0. The van der Waals surface area contributed by atoms with Crippen LogP contribution in [0.15, 0.2) is 18.2 Å². The third kappa shape index (κ3) is 5.07. The average molecular weight is 275 g/mol. The zero-order chi connectivity index (χ0) is 14.0. The summed E-state index contributed by atoms with van der Waals surface area (Å²) in [7, 11) is 0. The van der Waals surface area contributed by atoms with Crippen LogP contribution in [0.1, 0.15) is 63.9 Å². The Kier molecular flexibility index (Phi) is 6.76. The lowest BCUT2D eigenvalue weighted by Crippen LogP contribution is -2.11. The zero-order valence-electron chi connectivity index (χ0n) is 12.9. The summed E-state index contributed by atoms with van der Waals surface area (Å²) in [5.41, 5.74) is 2.70. The summed E-state index contributed by atoms with van der Waals surface area (Å²) in [5.74, 6) is 1.02. The van der Waals surface area contributed by atoms with Crippen molar-refractivity contribution in [3.63, 3.8) is 0 Å². The van der Waals surface area contributed by atoms with Crippen LogP contribution in [0.2, 0.25) is 0 Å². The molecule has 0 saturated carbocycles. The minimum atomic E-state index is 0.854. The molecule has 0 saturated heterocycles. The Labute approximate surface area is 123 Å². The molecule has 1 heterocycles. The second-order valence-electron chi connectivity index (χ2n) is 5.82. The van der Waals surface area contributed by atoms with Crippen LogP contribution in [0.5, 0.6) is 5.75 Å². The van der Waals surface area contributed by atoms with Crippen LogP contribution < -0.4 is 10.1 Å². The molecule has 0 aromatic heterocycles. The van der Waals surface area contributed by atoms with Crippen LogP contribution in [0, 0.1) is 0 Å². The summed E-state index contributed by atoms with van der Waals surface area (Å²) in [6.07, 6.45) is 11.8. The van der Waals surface area contributed by atoms with E-state index in [-0.39, 0.29) is 0 Å². The topological polar surface area (TPSA) is 21.3 Å². The lowest BCUT2D eigenvalue weighted by Gasteiger charge is -2.18. The first kappa shape index (κ1) is 15.2. The van der Waals surface area contributed by atoms with E-state index in [1.165, 1.54) is 69.0 Å². The third-order valence-corrected chi connectivity index (χ3v) is 4.04. The molecular formula is C18H29NO. The molecule has 0 bridgehead atoms. The molecule has 1 aliphatic heterocycles. The van der Waals surface area contributed by atoms with Crippen LogP contribution in [0.4, 0.5) is 5.69 Å². The first-order valence-electron chi connectivity index (χ1n) is 8.40. The van der Waals surface area contributed by atoms with E-state index >= 15 is 0 Å². The van der Waals surface area contributed by atoms with Crippen molar-refractivity contribution in [1.82, 2.24) is 0 Å². The van der Waals surface area contributed by atoms with E-state index in [4.69, 9.17) is 4.74 Å². The van der Waals surface area contributed by atoms with Gasteiger partial charge in [-0.3, -0.25) is 0 Å². The molecule has 0 amide bonds. The normalized spacial score (nSPS) is 13.7. The molecule has 0 fully saturated rings. The summed E-state index contributed by atoms with van der Waals surface area (Å²) in [6, 6.07) is 6.49. The summed E-state index contributed by atoms with van der Waals surface area (Å²) < 4.78 is 5.86. The highest BCUT2D eigenvalue weighted by Gasteiger charge is 2.08. The summed E-state index contributed by atoms with van der Waals surface area (Å²) in [6.45, 7) is 4.21. The molecule has 2 nitrogen and oxygen atoms in total. The van der Waals surface area contributed by atoms with Gasteiger partial charge < -0.3 is 10.1 Å². The average Bonchev–Trinajstić information content (AvgIpc) is 2.50. The van der Waals surface area contributed by atoms with Gasteiger partial charge in [0.2, 0.25) is 0 Å². The van der Waals surface area contributed by atoms with Gasteiger partial charge in [0, 0.05) is 18.3 Å². The molecule has 1 N–H and O–H groups in total. The fraction of sp³-hybridized carbons (Fsp3) is 0.667. The van der Waals surface area contributed by atoms with E-state index in [2.05, 4.69) is 30.4 Å². The van der Waals surface area contributed by atoms with Crippen LogP contribution in [0.25, 0.3) is 0 Å². The van der Waals surface area contributed by atoms with Crippen molar-refractivity contribution >= 4 is 5.69 Å². The maximum absolute atomic E-state index is 5.86. The molecule has 0 unspecified atom stereocenters. The summed E-state index contributed by atoms with van der Waals surface area (Å²) >= 11 is 0. The first-order valence-corrected chi connectivity index (χ1v) is 8.40. The minimum Gasteiger partial charge on any atom is -0.494 e. The fourth-order valence-electron chi connectivity index (χ4n) is 2.78. The number of benzene rings is 1. The van der Waals surface area contributed by atoms with Gasteiger partial charge in [-0.1, -0.05) is 51.5 Å². The molecule has 1 aliphatic rings. The molecule has 2 heteroatoms. The summed E-state index contributed by atoms with van der Waals surface area (Å²) in [5, 5.41) is 3.45. The maximum Gasteiger partial charge on any atom is 0.121 e. The molecule has 0 spiro atoms. The Balaban J connectivity index is 1.60. The quantitative estimate of drug-likeness (QED) is 0.627. The maximum atomic E-state index is 5.86. The lowest BCUT2D eigenvalue weighted by atomic mass is 10.0. The van der Waals surface area contributed by atoms with Gasteiger partial charge in [0.05, 0.1) is 6.61 Å². The van der Waals surface area contributed by atoms with Gasteiger partial charge in [-0.25, -0.2) is 0 Å². The highest BCUT2D eigenvalue weighted by molar-refractivity contribution is 5.56. The van der Waals surface area contributed by atoms with Crippen molar-refractivity contribution in [2.45, 2.75) is 64.7 Å². The first-order chi connectivity index (χ1) is 9.90. The standard InChI is InChI=1S/C18H29NO/c1-2-3-4-5-6-7-8-14-20-17-12-11-16-10-9-13-19-18(16)15-17/h11-12,15,19H,2-10,13-14H2,1H3. The van der Waals surface area contributed by atoms with Crippen molar-refractivity contribution in [1.29, 1.82) is 0 Å². The van der Waals surface area contributed by atoms with Crippen LogP contribution in [-0.4, -0.2) is 13.2 Å². The van der Waals surface area contributed by atoms with Crippen molar-refractivity contribution in [2.24, 2.45) is 0 Å². The van der Waals surface area contributed by atoms with Crippen LogP contribution in [-0.2, 0) is 6.42 Å². The molecule has 1 aromatic carbocycles. The Morgan fingerprint density at radius 3 is 2.70 bits per heavy atom. The smallest absolute Gasteiger partial charge is 0.121 e. The third-order valence-electron chi connectivity index (χ3n) is 4.04. The van der Waals surface area contributed by atoms with Gasteiger partial charge in [0.25, 0.3) is 0 Å². The van der Waals surface area contributed by atoms with Gasteiger partial charge in [-0.2, -0.15) is 0 Å². The minimum absolute atomic E-state index is 0.854. The van der Waals surface area contributed by atoms with Gasteiger partial charge in [-0.05, 0) is 30.9 Å². The number of fused-ring (bicyclic) bond motifs is 1. The molecular weight excluding hydrogens is 246 g/mol. The predicted molar refractivity (Wildman–Crippen MR) is 86.7 cm³/mol. The molecule has 112 valence electrons. The SMILES string of the molecule is CCCCCCCCCOc1ccc2c(c1)NCCC2. The Hall–Kier alpha value is -1.18. The second kappa shape index (κ2) is 8.89. The van der Waals surface area contributed by atoms with E-state index in [0.717, 1.165) is 18.9 Å². The number of nitrogens with one attached hydrogen (secondary N) is 1. The van der Waals surface area contributed by atoms with Crippen molar-refractivity contribution in [3.8, 4) is 5.75 Å². The van der Waals surface area contributed by atoms with Crippen LogP contribution >= 0.6 is 0 Å². The number of hydrogen-bond acceptors (Lipinski definition) is 2. The van der Waals surface area contributed by atoms with Gasteiger partial charge in [0.15, 0.2) is 0 Å². The number of anilines is 1.